The molecule has 128 valence electrons. The maximum absolute atomic E-state index is 12.3. The van der Waals surface area contributed by atoms with Crippen molar-refractivity contribution >= 4 is 5.97 Å². The van der Waals surface area contributed by atoms with Crippen LogP contribution in [-0.4, -0.2) is 62.2 Å². The number of rotatable bonds is 6. The van der Waals surface area contributed by atoms with Crippen LogP contribution in [0.25, 0.3) is 0 Å². The quantitative estimate of drug-likeness (QED) is 0.563. The van der Waals surface area contributed by atoms with Crippen LogP contribution < -0.4 is 10.6 Å². The second kappa shape index (κ2) is 8.24. The third-order valence-corrected chi connectivity index (χ3v) is 5.07. The second-order valence-corrected chi connectivity index (χ2v) is 6.61. The first-order valence-electron chi connectivity index (χ1n) is 8.51. The van der Waals surface area contributed by atoms with Crippen molar-refractivity contribution in [3.63, 3.8) is 0 Å². The smallest absolute Gasteiger partial charge is 0.316 e. The number of fused-ring (bicyclic) bond motifs is 1. The lowest BCUT2D eigenvalue weighted by Gasteiger charge is -2.44. The third-order valence-electron chi connectivity index (χ3n) is 5.07. The number of carbonyl (C=O) groups excluding carboxylic acids is 1. The first-order chi connectivity index (χ1) is 10.6. The molecule has 0 aromatic carbocycles. The van der Waals surface area contributed by atoms with Crippen LogP contribution in [0.5, 0.6) is 0 Å². The molecule has 1 aliphatic carbocycles. The van der Waals surface area contributed by atoms with Gasteiger partial charge in [-0.2, -0.15) is 0 Å². The molecular weight excluding hydrogens is 284 g/mol. The van der Waals surface area contributed by atoms with Crippen LogP contribution in [0.15, 0.2) is 0 Å². The van der Waals surface area contributed by atoms with Crippen molar-refractivity contribution in [3.8, 4) is 0 Å². The van der Waals surface area contributed by atoms with Gasteiger partial charge < -0.3 is 25.2 Å². The molecule has 1 saturated carbocycles. The van der Waals surface area contributed by atoms with Crippen LogP contribution in [0, 0.1) is 11.8 Å². The number of hydrogen-bond acceptors (Lipinski definition) is 5. The Bertz CT molecular complexity index is 364. The molecule has 0 aromatic heterocycles. The molecule has 0 aromatic rings. The summed E-state index contributed by atoms with van der Waals surface area (Å²) in [6.07, 6.45) is 3.01. The van der Waals surface area contributed by atoms with E-state index < -0.39 is 6.10 Å². The number of carbonyl (C=O) groups is 1. The Morgan fingerprint density at radius 2 is 2.23 bits per heavy atom. The Hall–Kier alpha value is -0.690. The summed E-state index contributed by atoms with van der Waals surface area (Å²) in [7, 11) is 1.76. The van der Waals surface area contributed by atoms with Crippen molar-refractivity contribution in [1.29, 1.82) is 0 Å². The van der Waals surface area contributed by atoms with Crippen LogP contribution in [0.1, 0.15) is 33.1 Å². The number of ether oxygens (including phenoxy) is 2. The molecule has 0 radical (unpaired) electrons. The lowest BCUT2D eigenvalue weighted by Crippen LogP contribution is -2.97. The summed E-state index contributed by atoms with van der Waals surface area (Å²) in [5, 5.41) is 15.3. The number of piperidine rings is 1. The van der Waals surface area contributed by atoms with Gasteiger partial charge in [0.15, 0.2) is 0 Å². The van der Waals surface area contributed by atoms with Gasteiger partial charge in [-0.3, -0.25) is 4.79 Å². The van der Waals surface area contributed by atoms with Gasteiger partial charge in [0.2, 0.25) is 0 Å². The molecule has 2 fully saturated rings. The van der Waals surface area contributed by atoms with Gasteiger partial charge in [0.25, 0.3) is 0 Å². The number of aliphatic hydroxyl groups is 1. The minimum Gasteiger partial charge on any atom is -0.466 e. The molecule has 5 unspecified atom stereocenters. The van der Waals surface area contributed by atoms with Gasteiger partial charge in [0, 0.05) is 32.0 Å². The number of quaternary nitrogens is 1. The molecule has 0 bridgehead atoms. The molecule has 6 heteroatoms. The largest absolute Gasteiger partial charge is 0.466 e. The Morgan fingerprint density at radius 3 is 2.86 bits per heavy atom. The number of methoxy groups -OCH3 is 1. The third kappa shape index (κ3) is 4.19. The van der Waals surface area contributed by atoms with E-state index in [1.807, 2.05) is 6.92 Å². The van der Waals surface area contributed by atoms with Gasteiger partial charge in [-0.15, -0.1) is 0 Å². The van der Waals surface area contributed by atoms with Crippen LogP contribution in [0.3, 0.4) is 0 Å². The summed E-state index contributed by atoms with van der Waals surface area (Å²) in [5.41, 5.74) is 0. The van der Waals surface area contributed by atoms with Gasteiger partial charge in [-0.05, 0) is 26.7 Å². The number of aliphatic hydroxyl groups excluding tert-OH is 1. The standard InChI is InChI=1S/C16H30N2O4/c1-4-22-16(20)13-9-17-14-6-5-11(21-3)7-12(14)15(13)18-8-10(2)19/h10-15,17-19H,4-9H2,1-3H3/p+1/t10-,11?,12?,13?,14?,15?/m0/s1. The fourth-order valence-corrected chi connectivity index (χ4v) is 3.97. The second-order valence-electron chi connectivity index (χ2n) is 6.61. The first kappa shape index (κ1) is 17.7. The summed E-state index contributed by atoms with van der Waals surface area (Å²) in [6, 6.07) is 0.588. The van der Waals surface area contributed by atoms with Gasteiger partial charge in [-0.25, -0.2) is 0 Å². The summed E-state index contributed by atoms with van der Waals surface area (Å²) in [4.78, 5) is 12.3. The van der Waals surface area contributed by atoms with Crippen LogP contribution in [0.4, 0.5) is 0 Å². The average Bonchev–Trinajstić information content (AvgIpc) is 2.51. The number of nitrogens with one attached hydrogen (secondary N) is 1. The molecule has 6 nitrogen and oxygen atoms in total. The van der Waals surface area contributed by atoms with Gasteiger partial charge in [0.05, 0.1) is 31.4 Å². The van der Waals surface area contributed by atoms with E-state index in [0.717, 1.165) is 25.8 Å². The summed E-state index contributed by atoms with van der Waals surface area (Å²) in [6.45, 7) is 5.27. The summed E-state index contributed by atoms with van der Waals surface area (Å²) >= 11 is 0. The van der Waals surface area contributed by atoms with E-state index in [-0.39, 0.29) is 24.0 Å². The number of hydrogen-bond donors (Lipinski definition) is 3. The zero-order chi connectivity index (χ0) is 16.1. The van der Waals surface area contributed by atoms with Crippen molar-refractivity contribution in [2.75, 3.05) is 26.8 Å². The predicted octanol–water partition coefficient (Wildman–Crippen LogP) is -0.735. The minimum atomic E-state index is -0.422. The topological polar surface area (TPSA) is 84.4 Å². The number of nitrogens with two attached hydrogens (primary N) is 1. The van der Waals surface area contributed by atoms with E-state index in [4.69, 9.17) is 9.47 Å². The predicted molar refractivity (Wildman–Crippen MR) is 82.3 cm³/mol. The van der Waals surface area contributed by atoms with Gasteiger partial charge in [-0.1, -0.05) is 0 Å². The highest BCUT2D eigenvalue weighted by Crippen LogP contribution is 2.32. The normalized spacial score (nSPS) is 36.5. The minimum absolute atomic E-state index is 0.0570. The number of esters is 1. The highest BCUT2D eigenvalue weighted by atomic mass is 16.5. The first-order valence-corrected chi connectivity index (χ1v) is 8.51. The maximum atomic E-state index is 12.3. The van der Waals surface area contributed by atoms with E-state index in [1.165, 1.54) is 0 Å². The molecule has 0 spiro atoms. The maximum Gasteiger partial charge on any atom is 0.316 e. The Morgan fingerprint density at radius 1 is 1.45 bits per heavy atom. The van der Waals surface area contributed by atoms with Crippen LogP contribution in [-0.2, 0) is 14.3 Å². The van der Waals surface area contributed by atoms with Crippen molar-refractivity contribution in [1.82, 2.24) is 5.32 Å². The van der Waals surface area contributed by atoms with Crippen LogP contribution in [0.2, 0.25) is 0 Å². The Kier molecular flexibility index (Phi) is 6.62. The summed E-state index contributed by atoms with van der Waals surface area (Å²) in [5.74, 6) is 0.0935. The van der Waals surface area contributed by atoms with E-state index in [0.29, 0.717) is 25.1 Å². The molecule has 2 rings (SSSR count). The summed E-state index contributed by atoms with van der Waals surface area (Å²) < 4.78 is 10.8. The molecule has 1 heterocycles. The zero-order valence-electron chi connectivity index (χ0n) is 14.0. The van der Waals surface area contributed by atoms with E-state index in [9.17, 15) is 9.90 Å². The highest BCUT2D eigenvalue weighted by Gasteiger charge is 2.48. The van der Waals surface area contributed by atoms with Crippen molar-refractivity contribution in [2.24, 2.45) is 11.8 Å². The fourth-order valence-electron chi connectivity index (χ4n) is 3.97. The van der Waals surface area contributed by atoms with E-state index >= 15 is 0 Å². The Labute approximate surface area is 132 Å². The Balaban J connectivity index is 2.11. The van der Waals surface area contributed by atoms with Crippen molar-refractivity contribution in [2.45, 2.75) is 57.4 Å². The SMILES string of the molecule is CCOC(=O)C1C[NH2+]C2CCC(OC)CC2C1NC[C@H](C)O. The monoisotopic (exact) mass is 315 g/mol. The van der Waals surface area contributed by atoms with E-state index in [1.54, 1.807) is 14.0 Å². The van der Waals surface area contributed by atoms with E-state index in [2.05, 4.69) is 10.6 Å². The molecule has 0 amide bonds. The van der Waals surface area contributed by atoms with Crippen molar-refractivity contribution < 1.29 is 24.7 Å². The zero-order valence-corrected chi connectivity index (χ0v) is 14.0. The van der Waals surface area contributed by atoms with Gasteiger partial charge in [0.1, 0.15) is 5.92 Å². The lowest BCUT2D eigenvalue weighted by molar-refractivity contribution is -0.713. The molecular formula is C16H31N2O4+. The molecule has 1 aliphatic heterocycles. The molecule has 4 N–H and O–H groups in total. The highest BCUT2D eigenvalue weighted by molar-refractivity contribution is 5.73. The lowest BCUT2D eigenvalue weighted by atomic mass is 9.71. The van der Waals surface area contributed by atoms with Gasteiger partial charge >= 0.3 is 5.97 Å². The molecule has 22 heavy (non-hydrogen) atoms. The van der Waals surface area contributed by atoms with Crippen LogP contribution >= 0.6 is 0 Å². The molecule has 6 atom stereocenters. The average molecular weight is 315 g/mol. The molecule has 2 aliphatic rings. The molecule has 1 saturated heterocycles. The fraction of sp³-hybridized carbons (Fsp3) is 0.938. The van der Waals surface area contributed by atoms with Crippen molar-refractivity contribution in [3.05, 3.63) is 0 Å².